The highest BCUT2D eigenvalue weighted by Gasteiger charge is 2.16. The predicted octanol–water partition coefficient (Wildman–Crippen LogP) is 2.46. The summed E-state index contributed by atoms with van der Waals surface area (Å²) in [6.45, 7) is 4.50. The van der Waals surface area contributed by atoms with Gasteiger partial charge in [0.05, 0.1) is 12.3 Å². The molecule has 4 heteroatoms. The van der Waals surface area contributed by atoms with E-state index in [4.69, 9.17) is 5.11 Å². The fourth-order valence-electron chi connectivity index (χ4n) is 2.58. The van der Waals surface area contributed by atoms with Gasteiger partial charge in [-0.05, 0) is 43.9 Å². The number of anilines is 1. The van der Waals surface area contributed by atoms with Crippen LogP contribution in [-0.4, -0.2) is 31.3 Å². The minimum atomic E-state index is -0.142. The van der Waals surface area contributed by atoms with Gasteiger partial charge in [0.2, 0.25) is 0 Å². The van der Waals surface area contributed by atoms with Gasteiger partial charge in [-0.15, -0.1) is 0 Å². The molecule has 1 atom stereocenters. The first kappa shape index (κ1) is 14.3. The lowest BCUT2D eigenvalue weighted by Gasteiger charge is -2.29. The highest BCUT2D eigenvalue weighted by molar-refractivity contribution is 5.49. The fourth-order valence-corrected chi connectivity index (χ4v) is 2.58. The van der Waals surface area contributed by atoms with Crippen molar-refractivity contribution in [1.82, 2.24) is 5.32 Å². The molecule has 106 valence electrons. The lowest BCUT2D eigenvalue weighted by Crippen LogP contribution is -2.30. The number of rotatable bonds is 5. The highest BCUT2D eigenvalue weighted by Crippen LogP contribution is 2.26. The Morgan fingerprint density at radius 2 is 2.05 bits per heavy atom. The van der Waals surface area contributed by atoms with E-state index in [-0.39, 0.29) is 18.5 Å². The number of hydrogen-bond donors (Lipinski definition) is 2. The zero-order valence-electron chi connectivity index (χ0n) is 11.5. The number of nitrogens with zero attached hydrogens (tertiary/aromatic N) is 1. The van der Waals surface area contributed by atoms with E-state index in [0.717, 1.165) is 37.2 Å². The molecule has 0 spiro atoms. The highest BCUT2D eigenvalue weighted by atomic mass is 19.1. The molecule has 0 aliphatic carbocycles. The maximum Gasteiger partial charge on any atom is 0.146 e. The molecule has 2 rings (SSSR count). The van der Waals surface area contributed by atoms with E-state index < -0.39 is 0 Å². The topological polar surface area (TPSA) is 35.5 Å². The Morgan fingerprint density at radius 3 is 2.68 bits per heavy atom. The molecule has 2 N–H and O–H groups in total. The Balaban J connectivity index is 2.07. The molecule has 1 unspecified atom stereocenters. The summed E-state index contributed by atoms with van der Waals surface area (Å²) >= 11 is 0. The van der Waals surface area contributed by atoms with Gasteiger partial charge < -0.3 is 15.3 Å². The van der Waals surface area contributed by atoms with E-state index in [2.05, 4.69) is 10.2 Å². The number of benzene rings is 1. The maximum absolute atomic E-state index is 14.2. The molecule has 3 nitrogen and oxygen atoms in total. The summed E-state index contributed by atoms with van der Waals surface area (Å²) in [6, 6.07) is 5.52. The van der Waals surface area contributed by atoms with Crippen molar-refractivity contribution >= 4 is 5.69 Å². The van der Waals surface area contributed by atoms with E-state index in [1.165, 1.54) is 6.42 Å². The van der Waals surface area contributed by atoms with Gasteiger partial charge in [-0.1, -0.05) is 6.07 Å². The van der Waals surface area contributed by atoms with Crippen LogP contribution in [-0.2, 0) is 0 Å². The third kappa shape index (κ3) is 3.67. The quantitative estimate of drug-likeness (QED) is 0.859. The first-order valence-corrected chi connectivity index (χ1v) is 7.11. The van der Waals surface area contributed by atoms with Crippen LogP contribution in [0.15, 0.2) is 18.2 Å². The average molecular weight is 266 g/mol. The summed E-state index contributed by atoms with van der Waals surface area (Å²) in [4.78, 5) is 2.13. The second-order valence-corrected chi connectivity index (χ2v) is 5.16. The zero-order chi connectivity index (χ0) is 13.7. The number of aliphatic hydroxyl groups excluding tert-OH is 1. The predicted molar refractivity (Wildman–Crippen MR) is 76.0 cm³/mol. The Labute approximate surface area is 114 Å². The maximum atomic E-state index is 14.2. The lowest BCUT2D eigenvalue weighted by atomic mass is 10.1. The third-order valence-electron chi connectivity index (χ3n) is 3.73. The molecular weight excluding hydrogens is 243 g/mol. The molecule has 1 aliphatic rings. The second kappa shape index (κ2) is 6.87. The van der Waals surface area contributed by atoms with Gasteiger partial charge in [-0.2, -0.15) is 0 Å². The second-order valence-electron chi connectivity index (χ2n) is 5.16. The van der Waals surface area contributed by atoms with Crippen LogP contribution in [0.3, 0.4) is 0 Å². The number of aliphatic hydroxyl groups is 1. The largest absolute Gasteiger partial charge is 0.395 e. The first-order valence-electron chi connectivity index (χ1n) is 7.11. The SMILES string of the molecule is CC(NCCO)c1ccc(N2CCCCC2)c(F)c1. The Bertz CT molecular complexity index is 405. The van der Waals surface area contributed by atoms with Crippen LogP contribution < -0.4 is 10.2 Å². The van der Waals surface area contributed by atoms with Crippen molar-refractivity contribution in [2.75, 3.05) is 31.1 Å². The molecule has 1 aromatic carbocycles. The third-order valence-corrected chi connectivity index (χ3v) is 3.73. The fraction of sp³-hybridized carbons (Fsp3) is 0.600. The summed E-state index contributed by atoms with van der Waals surface area (Å²) in [7, 11) is 0. The summed E-state index contributed by atoms with van der Waals surface area (Å²) in [6.07, 6.45) is 3.55. The van der Waals surface area contributed by atoms with E-state index in [0.29, 0.717) is 6.54 Å². The van der Waals surface area contributed by atoms with E-state index >= 15 is 0 Å². The number of nitrogens with one attached hydrogen (secondary N) is 1. The van der Waals surface area contributed by atoms with E-state index in [1.807, 2.05) is 19.1 Å². The van der Waals surface area contributed by atoms with Crippen LogP contribution >= 0.6 is 0 Å². The monoisotopic (exact) mass is 266 g/mol. The van der Waals surface area contributed by atoms with E-state index in [1.54, 1.807) is 6.07 Å². The van der Waals surface area contributed by atoms with Crippen molar-refractivity contribution in [3.05, 3.63) is 29.6 Å². The molecule has 1 aliphatic heterocycles. The molecule has 0 bridgehead atoms. The van der Waals surface area contributed by atoms with Gasteiger partial charge in [-0.3, -0.25) is 0 Å². The van der Waals surface area contributed by atoms with Crippen molar-refractivity contribution in [1.29, 1.82) is 0 Å². The van der Waals surface area contributed by atoms with E-state index in [9.17, 15) is 4.39 Å². The van der Waals surface area contributed by atoms with Crippen LogP contribution in [0.2, 0.25) is 0 Å². The van der Waals surface area contributed by atoms with Gasteiger partial charge in [0.1, 0.15) is 5.82 Å². The van der Waals surface area contributed by atoms with Crippen LogP contribution in [0.4, 0.5) is 10.1 Å². The van der Waals surface area contributed by atoms with Gasteiger partial charge in [0, 0.05) is 25.7 Å². The van der Waals surface area contributed by atoms with Gasteiger partial charge in [-0.25, -0.2) is 4.39 Å². The van der Waals surface area contributed by atoms with Crippen molar-refractivity contribution in [2.45, 2.75) is 32.2 Å². The average Bonchev–Trinajstić information content (AvgIpc) is 2.45. The summed E-state index contributed by atoms with van der Waals surface area (Å²) in [5.74, 6) is -0.142. The Morgan fingerprint density at radius 1 is 1.32 bits per heavy atom. The molecule has 1 heterocycles. The lowest BCUT2D eigenvalue weighted by molar-refractivity contribution is 0.286. The summed E-state index contributed by atoms with van der Waals surface area (Å²) < 4.78 is 14.2. The molecule has 19 heavy (non-hydrogen) atoms. The smallest absolute Gasteiger partial charge is 0.146 e. The Hall–Kier alpha value is -1.13. The number of piperidine rings is 1. The van der Waals surface area contributed by atoms with Crippen molar-refractivity contribution < 1.29 is 9.50 Å². The van der Waals surface area contributed by atoms with Gasteiger partial charge >= 0.3 is 0 Å². The minimum Gasteiger partial charge on any atom is -0.395 e. The molecule has 0 radical (unpaired) electrons. The van der Waals surface area contributed by atoms with Crippen molar-refractivity contribution in [3.63, 3.8) is 0 Å². The van der Waals surface area contributed by atoms with Crippen molar-refractivity contribution in [2.24, 2.45) is 0 Å². The van der Waals surface area contributed by atoms with Crippen LogP contribution in [0.25, 0.3) is 0 Å². The van der Waals surface area contributed by atoms with Crippen LogP contribution in [0.5, 0.6) is 0 Å². The van der Waals surface area contributed by atoms with Crippen LogP contribution in [0, 0.1) is 5.82 Å². The number of halogens is 1. The first-order chi connectivity index (χ1) is 9.22. The molecular formula is C15H23FN2O. The summed E-state index contributed by atoms with van der Waals surface area (Å²) in [5.41, 5.74) is 1.64. The molecule has 1 aromatic rings. The minimum absolute atomic E-state index is 0.0528. The summed E-state index contributed by atoms with van der Waals surface area (Å²) in [5, 5.41) is 11.9. The molecule has 0 aromatic heterocycles. The molecule has 0 amide bonds. The normalized spacial score (nSPS) is 17.5. The van der Waals surface area contributed by atoms with Crippen LogP contribution in [0.1, 0.15) is 37.8 Å². The zero-order valence-corrected chi connectivity index (χ0v) is 11.5. The number of hydrogen-bond acceptors (Lipinski definition) is 3. The molecule has 1 saturated heterocycles. The molecule has 1 fully saturated rings. The van der Waals surface area contributed by atoms with Gasteiger partial charge in [0.25, 0.3) is 0 Å². The standard InChI is InChI=1S/C15H23FN2O/c1-12(17-7-10-19)13-5-6-15(14(16)11-13)18-8-3-2-4-9-18/h5-6,11-12,17,19H,2-4,7-10H2,1H3. The van der Waals surface area contributed by atoms with Crippen molar-refractivity contribution in [3.8, 4) is 0 Å². The Kier molecular flexibility index (Phi) is 5.16. The van der Waals surface area contributed by atoms with Gasteiger partial charge in [0.15, 0.2) is 0 Å². The molecule has 0 saturated carbocycles.